The number of carboxylic acid groups (broad SMARTS) is 1. The SMILES string of the molecule is CN(C)c1ccc(-c2cccnc2C(=O)O)cc1. The van der Waals surface area contributed by atoms with Crippen LogP contribution in [0.4, 0.5) is 5.69 Å². The minimum atomic E-state index is -1.01. The lowest BCUT2D eigenvalue weighted by Gasteiger charge is -2.13. The number of hydrogen-bond donors (Lipinski definition) is 1. The van der Waals surface area contributed by atoms with Gasteiger partial charge in [-0.1, -0.05) is 18.2 Å². The van der Waals surface area contributed by atoms with Crippen LogP contribution in [-0.4, -0.2) is 30.2 Å². The van der Waals surface area contributed by atoms with Crippen molar-refractivity contribution in [2.75, 3.05) is 19.0 Å². The van der Waals surface area contributed by atoms with Crippen molar-refractivity contribution in [1.82, 2.24) is 4.98 Å². The Morgan fingerprint density at radius 1 is 1.17 bits per heavy atom. The van der Waals surface area contributed by atoms with E-state index in [2.05, 4.69) is 4.98 Å². The highest BCUT2D eigenvalue weighted by atomic mass is 16.4. The van der Waals surface area contributed by atoms with E-state index in [1.165, 1.54) is 6.20 Å². The Labute approximate surface area is 106 Å². The predicted octanol–water partition coefficient (Wildman–Crippen LogP) is 2.51. The molecule has 2 rings (SSSR count). The molecule has 0 atom stereocenters. The van der Waals surface area contributed by atoms with E-state index >= 15 is 0 Å². The topological polar surface area (TPSA) is 53.4 Å². The number of nitrogens with zero attached hydrogens (tertiary/aromatic N) is 2. The molecule has 0 aliphatic rings. The molecule has 1 aromatic heterocycles. The lowest BCUT2D eigenvalue weighted by molar-refractivity contribution is 0.0691. The molecule has 0 unspecified atom stereocenters. The van der Waals surface area contributed by atoms with Crippen molar-refractivity contribution >= 4 is 11.7 Å². The van der Waals surface area contributed by atoms with Gasteiger partial charge in [0.25, 0.3) is 0 Å². The number of aromatic nitrogens is 1. The van der Waals surface area contributed by atoms with Crippen LogP contribution in [0.15, 0.2) is 42.6 Å². The summed E-state index contributed by atoms with van der Waals surface area (Å²) in [6, 6.07) is 11.2. The van der Waals surface area contributed by atoms with Gasteiger partial charge in [-0.25, -0.2) is 9.78 Å². The third-order valence-corrected chi connectivity index (χ3v) is 2.70. The van der Waals surface area contributed by atoms with Crippen molar-refractivity contribution in [3.05, 3.63) is 48.3 Å². The molecule has 0 aliphatic heterocycles. The first-order valence-corrected chi connectivity index (χ1v) is 5.55. The van der Waals surface area contributed by atoms with Gasteiger partial charge in [0.2, 0.25) is 0 Å². The van der Waals surface area contributed by atoms with Crippen LogP contribution >= 0.6 is 0 Å². The molecule has 1 N–H and O–H groups in total. The smallest absolute Gasteiger partial charge is 0.355 e. The first kappa shape index (κ1) is 12.1. The van der Waals surface area contributed by atoms with Crippen molar-refractivity contribution in [2.45, 2.75) is 0 Å². The molecule has 18 heavy (non-hydrogen) atoms. The molecule has 1 aromatic carbocycles. The number of anilines is 1. The molecule has 4 nitrogen and oxygen atoms in total. The summed E-state index contributed by atoms with van der Waals surface area (Å²) >= 11 is 0. The second-order valence-electron chi connectivity index (χ2n) is 4.15. The zero-order valence-electron chi connectivity index (χ0n) is 10.3. The Morgan fingerprint density at radius 3 is 2.39 bits per heavy atom. The molecule has 1 heterocycles. The van der Waals surface area contributed by atoms with E-state index in [1.807, 2.05) is 43.3 Å². The van der Waals surface area contributed by atoms with Crippen molar-refractivity contribution in [3.63, 3.8) is 0 Å². The Kier molecular flexibility index (Phi) is 3.28. The number of rotatable bonds is 3. The third-order valence-electron chi connectivity index (χ3n) is 2.70. The monoisotopic (exact) mass is 242 g/mol. The van der Waals surface area contributed by atoms with Crippen molar-refractivity contribution in [2.24, 2.45) is 0 Å². The van der Waals surface area contributed by atoms with Gasteiger partial charge < -0.3 is 10.0 Å². The van der Waals surface area contributed by atoms with E-state index in [0.29, 0.717) is 5.56 Å². The lowest BCUT2D eigenvalue weighted by Crippen LogP contribution is -2.08. The highest BCUT2D eigenvalue weighted by molar-refractivity contribution is 5.93. The fraction of sp³-hybridized carbons (Fsp3) is 0.143. The summed E-state index contributed by atoms with van der Waals surface area (Å²) < 4.78 is 0. The zero-order chi connectivity index (χ0) is 13.1. The van der Waals surface area contributed by atoms with E-state index in [1.54, 1.807) is 12.1 Å². The van der Waals surface area contributed by atoms with Gasteiger partial charge in [0, 0.05) is 31.5 Å². The van der Waals surface area contributed by atoms with Crippen LogP contribution in [0, 0.1) is 0 Å². The minimum Gasteiger partial charge on any atom is -0.476 e. The van der Waals surface area contributed by atoms with Gasteiger partial charge in [0.05, 0.1) is 0 Å². The number of hydrogen-bond acceptors (Lipinski definition) is 3. The highest BCUT2D eigenvalue weighted by Crippen LogP contribution is 2.24. The lowest BCUT2D eigenvalue weighted by atomic mass is 10.0. The molecular weight excluding hydrogens is 228 g/mol. The van der Waals surface area contributed by atoms with E-state index in [9.17, 15) is 4.79 Å². The normalized spacial score (nSPS) is 10.1. The van der Waals surface area contributed by atoms with E-state index in [0.717, 1.165) is 11.3 Å². The highest BCUT2D eigenvalue weighted by Gasteiger charge is 2.12. The number of carboxylic acids is 1. The summed E-state index contributed by atoms with van der Waals surface area (Å²) in [6.07, 6.45) is 1.49. The fourth-order valence-electron chi connectivity index (χ4n) is 1.75. The average Bonchev–Trinajstić information content (AvgIpc) is 2.39. The van der Waals surface area contributed by atoms with Gasteiger partial charge in [0.1, 0.15) is 0 Å². The molecule has 2 aromatic rings. The molecule has 0 bridgehead atoms. The molecule has 0 spiro atoms. The van der Waals surface area contributed by atoms with Gasteiger partial charge in [-0.15, -0.1) is 0 Å². The Hall–Kier alpha value is -2.36. The summed E-state index contributed by atoms with van der Waals surface area (Å²) in [5.74, 6) is -1.01. The van der Waals surface area contributed by atoms with Gasteiger partial charge in [0.15, 0.2) is 5.69 Å². The molecular formula is C14H14N2O2. The second kappa shape index (κ2) is 4.87. The van der Waals surface area contributed by atoms with Gasteiger partial charge >= 0.3 is 5.97 Å². The number of carbonyl (C=O) groups is 1. The third kappa shape index (κ3) is 2.32. The summed E-state index contributed by atoms with van der Waals surface area (Å²) in [5, 5.41) is 9.10. The molecule has 0 aliphatic carbocycles. The molecule has 0 saturated heterocycles. The quantitative estimate of drug-likeness (QED) is 0.898. The largest absolute Gasteiger partial charge is 0.476 e. The number of pyridine rings is 1. The van der Waals surface area contributed by atoms with Crippen LogP contribution in [0.2, 0.25) is 0 Å². The molecule has 0 saturated carbocycles. The summed E-state index contributed by atoms with van der Waals surface area (Å²) in [7, 11) is 3.92. The minimum absolute atomic E-state index is 0.0788. The van der Waals surface area contributed by atoms with Crippen LogP contribution in [0.1, 0.15) is 10.5 Å². The van der Waals surface area contributed by atoms with Crippen LogP contribution in [-0.2, 0) is 0 Å². The maximum absolute atomic E-state index is 11.1. The van der Waals surface area contributed by atoms with Crippen molar-refractivity contribution < 1.29 is 9.90 Å². The molecule has 4 heteroatoms. The van der Waals surface area contributed by atoms with Gasteiger partial charge in [-0.3, -0.25) is 0 Å². The molecule has 0 fully saturated rings. The summed E-state index contributed by atoms with van der Waals surface area (Å²) in [4.78, 5) is 17.0. The first-order chi connectivity index (χ1) is 8.59. The van der Waals surface area contributed by atoms with Crippen LogP contribution < -0.4 is 4.90 Å². The van der Waals surface area contributed by atoms with E-state index < -0.39 is 5.97 Å². The predicted molar refractivity (Wildman–Crippen MR) is 71.0 cm³/mol. The van der Waals surface area contributed by atoms with Crippen molar-refractivity contribution in [1.29, 1.82) is 0 Å². The second-order valence-corrected chi connectivity index (χ2v) is 4.15. The van der Waals surface area contributed by atoms with E-state index in [-0.39, 0.29) is 5.69 Å². The van der Waals surface area contributed by atoms with Gasteiger partial charge in [-0.05, 0) is 23.8 Å². The first-order valence-electron chi connectivity index (χ1n) is 5.55. The Bertz CT molecular complexity index is 562. The van der Waals surface area contributed by atoms with E-state index in [4.69, 9.17) is 5.11 Å². The summed E-state index contributed by atoms with van der Waals surface area (Å²) in [5.41, 5.74) is 2.64. The standard InChI is InChI=1S/C14H14N2O2/c1-16(2)11-7-5-10(6-8-11)12-4-3-9-15-13(12)14(17)18/h3-9H,1-2H3,(H,17,18). The van der Waals surface area contributed by atoms with Crippen LogP contribution in [0.5, 0.6) is 0 Å². The molecule has 0 radical (unpaired) electrons. The summed E-state index contributed by atoms with van der Waals surface area (Å²) in [6.45, 7) is 0. The Balaban J connectivity index is 2.46. The Morgan fingerprint density at radius 2 is 1.83 bits per heavy atom. The van der Waals surface area contributed by atoms with Crippen LogP contribution in [0.25, 0.3) is 11.1 Å². The number of aromatic carboxylic acids is 1. The number of benzene rings is 1. The molecule has 0 amide bonds. The zero-order valence-corrected chi connectivity index (χ0v) is 10.3. The van der Waals surface area contributed by atoms with Gasteiger partial charge in [-0.2, -0.15) is 0 Å². The average molecular weight is 242 g/mol. The van der Waals surface area contributed by atoms with Crippen molar-refractivity contribution in [3.8, 4) is 11.1 Å². The fourth-order valence-corrected chi connectivity index (χ4v) is 1.75. The van der Waals surface area contributed by atoms with Crippen LogP contribution in [0.3, 0.4) is 0 Å². The maximum Gasteiger partial charge on any atom is 0.355 e. The molecule has 92 valence electrons. The maximum atomic E-state index is 11.1.